The van der Waals surface area contributed by atoms with Crippen molar-refractivity contribution in [3.8, 4) is 0 Å². The first-order valence-corrected chi connectivity index (χ1v) is 8.39. The van der Waals surface area contributed by atoms with Crippen LogP contribution >= 0.6 is 0 Å². The summed E-state index contributed by atoms with van der Waals surface area (Å²) in [5.41, 5.74) is 0. The zero-order chi connectivity index (χ0) is 15.7. The lowest BCUT2D eigenvalue weighted by molar-refractivity contribution is -0.293. The van der Waals surface area contributed by atoms with Crippen molar-refractivity contribution in [1.29, 1.82) is 0 Å². The summed E-state index contributed by atoms with van der Waals surface area (Å²) < 4.78 is 10.9. The first-order chi connectivity index (χ1) is 10.1. The summed E-state index contributed by atoms with van der Waals surface area (Å²) in [5, 5.41) is 29.0. The molecule has 3 N–H and O–H groups in total. The molecule has 0 amide bonds. The van der Waals surface area contributed by atoms with Crippen LogP contribution in [0.2, 0.25) is 0 Å². The Kier molecular flexibility index (Phi) is 9.44. The van der Waals surface area contributed by atoms with E-state index in [2.05, 4.69) is 6.92 Å². The molecule has 1 saturated heterocycles. The monoisotopic (exact) mass is 304 g/mol. The van der Waals surface area contributed by atoms with Gasteiger partial charge in [0.05, 0.1) is 6.10 Å². The Hall–Kier alpha value is -0.200. The van der Waals surface area contributed by atoms with Crippen molar-refractivity contribution >= 4 is 0 Å². The molecule has 0 spiro atoms. The van der Waals surface area contributed by atoms with Gasteiger partial charge in [-0.25, -0.2) is 0 Å². The number of hydrogen-bond acceptors (Lipinski definition) is 5. The van der Waals surface area contributed by atoms with E-state index in [0.717, 1.165) is 12.8 Å². The second-order valence-corrected chi connectivity index (χ2v) is 6.03. The molecular weight excluding hydrogens is 272 g/mol. The molecule has 0 aromatic carbocycles. The molecule has 5 atom stereocenters. The average Bonchev–Trinajstić information content (AvgIpc) is 2.48. The Balaban J connectivity index is 2.04. The highest BCUT2D eigenvalue weighted by molar-refractivity contribution is 4.87. The standard InChI is InChI=1S/C16H32O5/c1-3-4-5-6-7-8-9-10-11-20-16-15(19)14(18)13(17)12(2)21-16/h12-19H,3-11H2,1-2H3/t12-,13?,14+,15?,16?/m1/s1. The summed E-state index contributed by atoms with van der Waals surface area (Å²) in [5.74, 6) is 0. The fraction of sp³-hybridized carbons (Fsp3) is 1.00. The maximum absolute atomic E-state index is 9.79. The van der Waals surface area contributed by atoms with Gasteiger partial charge in [0.1, 0.15) is 18.3 Å². The van der Waals surface area contributed by atoms with Gasteiger partial charge < -0.3 is 24.8 Å². The molecule has 1 aliphatic heterocycles. The third-order valence-electron chi connectivity index (χ3n) is 4.09. The molecule has 5 nitrogen and oxygen atoms in total. The first kappa shape index (κ1) is 18.8. The second-order valence-electron chi connectivity index (χ2n) is 6.03. The summed E-state index contributed by atoms with van der Waals surface area (Å²) in [6.45, 7) is 4.38. The number of hydrogen-bond donors (Lipinski definition) is 3. The highest BCUT2D eigenvalue weighted by Crippen LogP contribution is 2.22. The van der Waals surface area contributed by atoms with Crippen LogP contribution in [0.5, 0.6) is 0 Å². The number of unbranched alkanes of at least 4 members (excludes halogenated alkanes) is 7. The molecule has 5 heteroatoms. The molecule has 0 saturated carbocycles. The van der Waals surface area contributed by atoms with Gasteiger partial charge in [-0.15, -0.1) is 0 Å². The summed E-state index contributed by atoms with van der Waals surface area (Å²) in [7, 11) is 0. The molecule has 1 heterocycles. The molecule has 1 aliphatic rings. The van der Waals surface area contributed by atoms with Crippen LogP contribution in [-0.4, -0.2) is 52.6 Å². The first-order valence-electron chi connectivity index (χ1n) is 8.39. The molecule has 21 heavy (non-hydrogen) atoms. The van der Waals surface area contributed by atoms with Crippen LogP contribution in [0.25, 0.3) is 0 Å². The van der Waals surface area contributed by atoms with E-state index in [1.54, 1.807) is 6.92 Å². The Morgan fingerprint density at radius 2 is 1.38 bits per heavy atom. The van der Waals surface area contributed by atoms with Gasteiger partial charge in [-0.1, -0.05) is 51.9 Å². The fourth-order valence-corrected chi connectivity index (χ4v) is 2.59. The number of rotatable bonds is 10. The molecular formula is C16H32O5. The average molecular weight is 304 g/mol. The Morgan fingerprint density at radius 3 is 2.00 bits per heavy atom. The number of aliphatic hydroxyl groups is 3. The number of aliphatic hydroxyl groups excluding tert-OH is 3. The lowest BCUT2D eigenvalue weighted by Gasteiger charge is -2.38. The largest absolute Gasteiger partial charge is 0.388 e. The van der Waals surface area contributed by atoms with Crippen LogP contribution in [0.4, 0.5) is 0 Å². The minimum Gasteiger partial charge on any atom is -0.388 e. The van der Waals surface area contributed by atoms with Gasteiger partial charge in [-0.2, -0.15) is 0 Å². The minimum atomic E-state index is -1.21. The molecule has 1 fully saturated rings. The topological polar surface area (TPSA) is 79.2 Å². The van der Waals surface area contributed by atoms with Crippen LogP contribution in [0.1, 0.15) is 65.2 Å². The molecule has 126 valence electrons. The summed E-state index contributed by atoms with van der Waals surface area (Å²) in [6.07, 6.45) is 4.89. The van der Waals surface area contributed by atoms with Gasteiger partial charge in [0.25, 0.3) is 0 Å². The molecule has 1 rings (SSSR count). The van der Waals surface area contributed by atoms with Crippen molar-refractivity contribution < 1.29 is 24.8 Å². The fourth-order valence-electron chi connectivity index (χ4n) is 2.59. The second kappa shape index (κ2) is 10.5. The van der Waals surface area contributed by atoms with Crippen LogP contribution in [0, 0.1) is 0 Å². The van der Waals surface area contributed by atoms with Crippen LogP contribution < -0.4 is 0 Å². The van der Waals surface area contributed by atoms with E-state index in [-0.39, 0.29) is 0 Å². The predicted octanol–water partition coefficient (Wildman–Crippen LogP) is 1.97. The quantitative estimate of drug-likeness (QED) is 0.538. The van der Waals surface area contributed by atoms with Crippen molar-refractivity contribution in [3.05, 3.63) is 0 Å². The Bertz CT molecular complexity index is 261. The molecule has 3 unspecified atom stereocenters. The smallest absolute Gasteiger partial charge is 0.186 e. The van der Waals surface area contributed by atoms with E-state index in [9.17, 15) is 15.3 Å². The van der Waals surface area contributed by atoms with Crippen LogP contribution in [-0.2, 0) is 9.47 Å². The molecule has 0 bridgehead atoms. The van der Waals surface area contributed by atoms with E-state index in [0.29, 0.717) is 6.61 Å². The van der Waals surface area contributed by atoms with Gasteiger partial charge >= 0.3 is 0 Å². The van der Waals surface area contributed by atoms with Gasteiger partial charge in [0, 0.05) is 6.61 Å². The van der Waals surface area contributed by atoms with Gasteiger partial charge in [0.15, 0.2) is 6.29 Å². The predicted molar refractivity (Wildman–Crippen MR) is 80.9 cm³/mol. The molecule has 0 aromatic rings. The summed E-state index contributed by atoms with van der Waals surface area (Å²) in [4.78, 5) is 0. The van der Waals surface area contributed by atoms with E-state index >= 15 is 0 Å². The maximum Gasteiger partial charge on any atom is 0.186 e. The zero-order valence-electron chi connectivity index (χ0n) is 13.4. The maximum atomic E-state index is 9.79. The van der Waals surface area contributed by atoms with Crippen molar-refractivity contribution in [2.24, 2.45) is 0 Å². The number of ether oxygens (including phenoxy) is 2. The van der Waals surface area contributed by atoms with Crippen molar-refractivity contribution in [1.82, 2.24) is 0 Å². The lowest BCUT2D eigenvalue weighted by Crippen LogP contribution is -2.57. The van der Waals surface area contributed by atoms with Crippen molar-refractivity contribution in [2.75, 3.05) is 6.61 Å². The van der Waals surface area contributed by atoms with E-state index in [1.807, 2.05) is 0 Å². The van der Waals surface area contributed by atoms with Gasteiger partial charge in [-0.05, 0) is 13.3 Å². The highest BCUT2D eigenvalue weighted by atomic mass is 16.7. The van der Waals surface area contributed by atoms with E-state index < -0.39 is 30.7 Å². The van der Waals surface area contributed by atoms with E-state index in [4.69, 9.17) is 9.47 Å². The highest BCUT2D eigenvalue weighted by Gasteiger charge is 2.42. The molecule has 0 radical (unpaired) electrons. The molecule has 0 aromatic heterocycles. The minimum absolute atomic E-state index is 0.506. The lowest BCUT2D eigenvalue weighted by atomic mass is 10.00. The van der Waals surface area contributed by atoms with Crippen molar-refractivity contribution in [2.45, 2.75) is 95.9 Å². The Labute approximate surface area is 128 Å². The van der Waals surface area contributed by atoms with E-state index in [1.165, 1.54) is 38.5 Å². The summed E-state index contributed by atoms with van der Waals surface area (Å²) in [6, 6.07) is 0. The third kappa shape index (κ3) is 6.61. The zero-order valence-corrected chi connectivity index (χ0v) is 13.4. The van der Waals surface area contributed by atoms with Crippen LogP contribution in [0.3, 0.4) is 0 Å². The summed E-state index contributed by atoms with van der Waals surface area (Å²) >= 11 is 0. The SMILES string of the molecule is CCCCCCCCCCOC1O[C@H](C)C(O)[C@H](O)C1O. The van der Waals surface area contributed by atoms with Gasteiger partial charge in [-0.3, -0.25) is 0 Å². The molecule has 0 aliphatic carbocycles. The van der Waals surface area contributed by atoms with Crippen molar-refractivity contribution in [3.63, 3.8) is 0 Å². The van der Waals surface area contributed by atoms with Gasteiger partial charge in [0.2, 0.25) is 0 Å². The normalized spacial score (nSPS) is 33.3. The third-order valence-corrected chi connectivity index (χ3v) is 4.09. The Morgan fingerprint density at radius 1 is 0.810 bits per heavy atom. The van der Waals surface area contributed by atoms with Crippen LogP contribution in [0.15, 0.2) is 0 Å².